The summed E-state index contributed by atoms with van der Waals surface area (Å²) in [6.07, 6.45) is 3.31. The van der Waals surface area contributed by atoms with Crippen LogP contribution in [-0.2, 0) is 6.42 Å². The van der Waals surface area contributed by atoms with Crippen LogP contribution in [0.2, 0.25) is 0 Å². The summed E-state index contributed by atoms with van der Waals surface area (Å²) in [7, 11) is 0. The van der Waals surface area contributed by atoms with Crippen molar-refractivity contribution < 1.29 is 4.74 Å². The number of hydrogen-bond acceptors (Lipinski definition) is 1. The van der Waals surface area contributed by atoms with Gasteiger partial charge in [-0.15, -0.1) is 0 Å². The fourth-order valence-corrected chi connectivity index (χ4v) is 1.11. The molecule has 0 aliphatic heterocycles. The van der Waals surface area contributed by atoms with E-state index in [0.29, 0.717) is 0 Å². The van der Waals surface area contributed by atoms with Gasteiger partial charge < -0.3 is 4.74 Å². The third kappa shape index (κ3) is 3.49. The molecule has 0 fully saturated rings. The second kappa shape index (κ2) is 5.63. The summed E-state index contributed by atoms with van der Waals surface area (Å²) in [6, 6.07) is 9.30. The van der Waals surface area contributed by atoms with E-state index >= 15 is 0 Å². The standard InChI is InChI=1S/C12H17O/c1-3-5-9-13-12-8-6-7-11(4-2)10-12/h6-8H,3-5,9H2,1-2H3. The van der Waals surface area contributed by atoms with E-state index in [9.17, 15) is 0 Å². The molecular weight excluding hydrogens is 160 g/mol. The molecule has 71 valence electrons. The van der Waals surface area contributed by atoms with E-state index < -0.39 is 0 Å². The number of benzene rings is 1. The Labute approximate surface area is 80.7 Å². The highest BCUT2D eigenvalue weighted by atomic mass is 16.5. The minimum absolute atomic E-state index is 0.806. The van der Waals surface area contributed by atoms with Crippen LogP contribution in [0.5, 0.6) is 5.75 Å². The number of rotatable bonds is 5. The minimum Gasteiger partial charge on any atom is -0.493 e. The number of hydrogen-bond donors (Lipinski definition) is 0. The van der Waals surface area contributed by atoms with Crippen molar-refractivity contribution in [2.45, 2.75) is 33.1 Å². The van der Waals surface area contributed by atoms with Crippen LogP contribution in [-0.4, -0.2) is 6.61 Å². The molecule has 0 heterocycles. The van der Waals surface area contributed by atoms with Crippen LogP contribution in [0.4, 0.5) is 0 Å². The lowest BCUT2D eigenvalue weighted by Gasteiger charge is -2.05. The van der Waals surface area contributed by atoms with Crippen molar-refractivity contribution in [3.05, 3.63) is 29.8 Å². The maximum atomic E-state index is 5.53. The lowest BCUT2D eigenvalue weighted by Crippen LogP contribution is -1.96. The van der Waals surface area contributed by atoms with E-state index in [4.69, 9.17) is 4.74 Å². The van der Waals surface area contributed by atoms with E-state index in [1.165, 1.54) is 12.0 Å². The molecule has 13 heavy (non-hydrogen) atoms. The molecule has 0 aliphatic rings. The van der Waals surface area contributed by atoms with Crippen molar-refractivity contribution in [1.29, 1.82) is 0 Å². The Morgan fingerprint density at radius 1 is 1.31 bits per heavy atom. The van der Waals surface area contributed by atoms with Crippen LogP contribution in [0.1, 0.15) is 32.3 Å². The van der Waals surface area contributed by atoms with Crippen molar-refractivity contribution in [3.8, 4) is 5.75 Å². The average molecular weight is 177 g/mol. The molecule has 1 aromatic rings. The summed E-state index contributed by atoms with van der Waals surface area (Å²) < 4.78 is 5.53. The Morgan fingerprint density at radius 3 is 2.85 bits per heavy atom. The Bertz CT molecular complexity index is 243. The predicted octanol–water partition coefficient (Wildman–Crippen LogP) is 3.23. The van der Waals surface area contributed by atoms with Gasteiger partial charge in [0.2, 0.25) is 0 Å². The third-order valence-electron chi connectivity index (χ3n) is 1.97. The van der Waals surface area contributed by atoms with Gasteiger partial charge in [0.1, 0.15) is 5.75 Å². The SMILES string of the molecule is CCCCOc1[c]c(CC)ccc1. The Morgan fingerprint density at radius 2 is 2.15 bits per heavy atom. The summed E-state index contributed by atoms with van der Waals surface area (Å²) in [5, 5.41) is 0. The largest absolute Gasteiger partial charge is 0.493 e. The zero-order valence-corrected chi connectivity index (χ0v) is 8.47. The van der Waals surface area contributed by atoms with Gasteiger partial charge in [-0.3, -0.25) is 0 Å². The fraction of sp³-hybridized carbons (Fsp3) is 0.500. The minimum atomic E-state index is 0.806. The highest BCUT2D eigenvalue weighted by molar-refractivity contribution is 5.26. The smallest absolute Gasteiger partial charge is 0.127 e. The first-order valence-electron chi connectivity index (χ1n) is 5.00. The summed E-state index contributed by atoms with van der Waals surface area (Å²) >= 11 is 0. The summed E-state index contributed by atoms with van der Waals surface area (Å²) in [4.78, 5) is 0. The Balaban J connectivity index is 2.46. The second-order valence-corrected chi connectivity index (χ2v) is 3.10. The third-order valence-corrected chi connectivity index (χ3v) is 1.97. The molecule has 0 amide bonds. The van der Waals surface area contributed by atoms with Crippen LogP contribution >= 0.6 is 0 Å². The number of aryl methyl sites for hydroxylation is 1. The summed E-state index contributed by atoms with van der Waals surface area (Å²) in [5.41, 5.74) is 1.22. The van der Waals surface area contributed by atoms with Gasteiger partial charge in [0.25, 0.3) is 0 Å². The zero-order chi connectivity index (χ0) is 9.52. The quantitative estimate of drug-likeness (QED) is 0.627. The molecule has 0 aromatic heterocycles. The first-order chi connectivity index (χ1) is 6.36. The monoisotopic (exact) mass is 177 g/mol. The molecule has 0 atom stereocenters. The van der Waals surface area contributed by atoms with E-state index in [0.717, 1.165) is 25.2 Å². The Hall–Kier alpha value is -0.980. The van der Waals surface area contributed by atoms with Crippen molar-refractivity contribution in [1.82, 2.24) is 0 Å². The van der Waals surface area contributed by atoms with Gasteiger partial charge in [-0.1, -0.05) is 32.4 Å². The van der Waals surface area contributed by atoms with Crippen molar-refractivity contribution >= 4 is 0 Å². The van der Waals surface area contributed by atoms with Gasteiger partial charge in [0.05, 0.1) is 6.61 Å². The Kier molecular flexibility index (Phi) is 4.37. The molecule has 1 rings (SSSR count). The molecule has 0 bridgehead atoms. The summed E-state index contributed by atoms with van der Waals surface area (Å²) in [5.74, 6) is 0.882. The summed E-state index contributed by atoms with van der Waals surface area (Å²) in [6.45, 7) is 5.09. The lowest BCUT2D eigenvalue weighted by molar-refractivity contribution is 0.308. The van der Waals surface area contributed by atoms with Gasteiger partial charge in [-0.25, -0.2) is 0 Å². The topological polar surface area (TPSA) is 9.23 Å². The zero-order valence-electron chi connectivity index (χ0n) is 8.47. The van der Waals surface area contributed by atoms with Crippen LogP contribution in [0.25, 0.3) is 0 Å². The molecular formula is C12H17O. The van der Waals surface area contributed by atoms with Crippen molar-refractivity contribution in [3.63, 3.8) is 0 Å². The van der Waals surface area contributed by atoms with Gasteiger partial charge in [0, 0.05) is 6.07 Å². The molecule has 1 aromatic carbocycles. The van der Waals surface area contributed by atoms with Crippen molar-refractivity contribution in [2.24, 2.45) is 0 Å². The maximum Gasteiger partial charge on any atom is 0.127 e. The molecule has 0 saturated carbocycles. The van der Waals surface area contributed by atoms with Gasteiger partial charge in [0.15, 0.2) is 0 Å². The first kappa shape index (κ1) is 10.1. The molecule has 0 saturated heterocycles. The van der Waals surface area contributed by atoms with Gasteiger partial charge in [-0.2, -0.15) is 0 Å². The first-order valence-corrected chi connectivity index (χ1v) is 5.00. The predicted molar refractivity (Wildman–Crippen MR) is 55.1 cm³/mol. The van der Waals surface area contributed by atoms with Gasteiger partial charge in [-0.05, 0) is 24.5 Å². The normalized spacial score (nSPS) is 10.0. The fourth-order valence-electron chi connectivity index (χ4n) is 1.11. The average Bonchev–Trinajstić information content (AvgIpc) is 2.19. The molecule has 0 N–H and O–H groups in total. The highest BCUT2D eigenvalue weighted by Gasteiger charge is 1.95. The second-order valence-electron chi connectivity index (χ2n) is 3.10. The molecule has 0 aliphatic carbocycles. The van der Waals surface area contributed by atoms with E-state index in [1.54, 1.807) is 0 Å². The lowest BCUT2D eigenvalue weighted by atomic mass is 10.2. The number of unbranched alkanes of at least 4 members (excludes halogenated alkanes) is 1. The molecule has 1 heteroatoms. The highest BCUT2D eigenvalue weighted by Crippen LogP contribution is 2.12. The van der Waals surface area contributed by atoms with Crippen LogP contribution in [0.3, 0.4) is 0 Å². The molecule has 1 nitrogen and oxygen atoms in total. The molecule has 0 spiro atoms. The van der Waals surface area contributed by atoms with Gasteiger partial charge >= 0.3 is 0 Å². The van der Waals surface area contributed by atoms with Crippen LogP contribution < -0.4 is 4.74 Å². The van der Waals surface area contributed by atoms with E-state index in [1.807, 2.05) is 12.1 Å². The van der Waals surface area contributed by atoms with Crippen LogP contribution in [0.15, 0.2) is 18.2 Å². The number of ether oxygens (including phenoxy) is 1. The van der Waals surface area contributed by atoms with Crippen LogP contribution in [0, 0.1) is 6.07 Å². The van der Waals surface area contributed by atoms with Crippen molar-refractivity contribution in [2.75, 3.05) is 6.61 Å². The maximum absolute atomic E-state index is 5.53. The molecule has 1 radical (unpaired) electrons. The van der Waals surface area contributed by atoms with E-state index in [2.05, 4.69) is 26.0 Å². The molecule has 0 unspecified atom stereocenters. The van der Waals surface area contributed by atoms with E-state index in [-0.39, 0.29) is 0 Å².